The Hall–Kier alpha value is -0.970. The summed E-state index contributed by atoms with van der Waals surface area (Å²) in [7, 11) is 2.18. The van der Waals surface area contributed by atoms with Gasteiger partial charge < -0.3 is 10.6 Å². The molecule has 0 radical (unpaired) electrons. The van der Waals surface area contributed by atoms with E-state index >= 15 is 0 Å². The van der Waals surface area contributed by atoms with Crippen molar-refractivity contribution in [1.82, 2.24) is 14.8 Å². The number of hydrogen-bond donors (Lipinski definition) is 1. The number of likely N-dealkylation sites (N-methyl/N-ethyl adjacent to an activating group) is 1. The average Bonchev–Trinajstić information content (AvgIpc) is 2.42. The van der Waals surface area contributed by atoms with E-state index in [2.05, 4.69) is 47.8 Å². The van der Waals surface area contributed by atoms with Gasteiger partial charge in [-0.25, -0.2) is 0 Å². The van der Waals surface area contributed by atoms with Gasteiger partial charge in [-0.3, -0.25) is 9.88 Å². The second-order valence-electron chi connectivity index (χ2n) is 5.62. The normalized spacial score (nSPS) is 25.2. The van der Waals surface area contributed by atoms with Crippen molar-refractivity contribution in [2.45, 2.75) is 38.4 Å². The molecule has 1 aromatic rings. The number of rotatable bonds is 4. The van der Waals surface area contributed by atoms with Crippen LogP contribution >= 0.6 is 0 Å². The molecule has 106 valence electrons. The lowest BCUT2D eigenvalue weighted by atomic mass is 9.97. The third kappa shape index (κ3) is 3.32. The van der Waals surface area contributed by atoms with Crippen LogP contribution in [0.15, 0.2) is 24.4 Å². The summed E-state index contributed by atoms with van der Waals surface area (Å²) >= 11 is 0. The van der Waals surface area contributed by atoms with Crippen molar-refractivity contribution >= 4 is 0 Å². The topological polar surface area (TPSA) is 45.4 Å². The number of pyridine rings is 1. The van der Waals surface area contributed by atoms with Crippen molar-refractivity contribution in [1.29, 1.82) is 0 Å². The molecule has 0 aliphatic carbocycles. The van der Waals surface area contributed by atoms with Crippen LogP contribution in [-0.4, -0.2) is 53.5 Å². The SMILES string of the molecule is CCC(N)C(c1ccccn1)N1CCN(C)CC1C. The molecule has 0 amide bonds. The Bertz CT molecular complexity index is 381. The quantitative estimate of drug-likeness (QED) is 0.893. The monoisotopic (exact) mass is 262 g/mol. The smallest absolute Gasteiger partial charge is 0.0676 e. The minimum absolute atomic E-state index is 0.140. The van der Waals surface area contributed by atoms with Crippen LogP contribution in [0.2, 0.25) is 0 Å². The maximum absolute atomic E-state index is 6.38. The van der Waals surface area contributed by atoms with Crippen molar-refractivity contribution in [2.24, 2.45) is 5.73 Å². The van der Waals surface area contributed by atoms with E-state index in [0.717, 1.165) is 31.7 Å². The Labute approximate surface area is 116 Å². The predicted octanol–water partition coefficient (Wildman–Crippen LogP) is 1.50. The lowest BCUT2D eigenvalue weighted by molar-refractivity contribution is 0.0475. The Morgan fingerprint density at radius 3 is 2.79 bits per heavy atom. The first-order valence-electron chi connectivity index (χ1n) is 7.24. The fourth-order valence-electron chi connectivity index (χ4n) is 2.98. The molecule has 0 saturated carbocycles. The van der Waals surface area contributed by atoms with Gasteiger partial charge in [0.05, 0.1) is 11.7 Å². The van der Waals surface area contributed by atoms with E-state index in [4.69, 9.17) is 5.73 Å². The second kappa shape index (κ2) is 6.46. The first kappa shape index (κ1) is 14.4. The fourth-order valence-corrected chi connectivity index (χ4v) is 2.98. The summed E-state index contributed by atoms with van der Waals surface area (Å²) in [6.45, 7) is 7.70. The second-order valence-corrected chi connectivity index (χ2v) is 5.62. The van der Waals surface area contributed by atoms with Gasteiger partial charge in [0.1, 0.15) is 0 Å². The molecule has 0 bridgehead atoms. The zero-order valence-corrected chi connectivity index (χ0v) is 12.3. The van der Waals surface area contributed by atoms with Crippen LogP contribution in [0.25, 0.3) is 0 Å². The van der Waals surface area contributed by atoms with Gasteiger partial charge in [0.15, 0.2) is 0 Å². The van der Waals surface area contributed by atoms with E-state index in [1.807, 2.05) is 12.3 Å². The molecule has 0 aromatic carbocycles. The molecule has 0 spiro atoms. The first-order chi connectivity index (χ1) is 9.13. The molecule has 1 aromatic heterocycles. The van der Waals surface area contributed by atoms with Gasteiger partial charge in [-0.15, -0.1) is 0 Å². The molecule has 1 saturated heterocycles. The van der Waals surface area contributed by atoms with Gasteiger partial charge in [-0.2, -0.15) is 0 Å². The van der Waals surface area contributed by atoms with Crippen molar-refractivity contribution < 1.29 is 0 Å². The molecular formula is C15H26N4. The van der Waals surface area contributed by atoms with Gasteiger partial charge in [0.2, 0.25) is 0 Å². The minimum atomic E-state index is 0.140. The summed E-state index contributed by atoms with van der Waals surface area (Å²) in [5.74, 6) is 0. The van der Waals surface area contributed by atoms with Crippen LogP contribution in [0.1, 0.15) is 32.0 Å². The molecule has 1 aliphatic rings. The van der Waals surface area contributed by atoms with E-state index in [1.165, 1.54) is 0 Å². The minimum Gasteiger partial charge on any atom is -0.326 e. The molecule has 4 nitrogen and oxygen atoms in total. The van der Waals surface area contributed by atoms with Crippen LogP contribution in [0.5, 0.6) is 0 Å². The van der Waals surface area contributed by atoms with Crippen molar-refractivity contribution in [3.05, 3.63) is 30.1 Å². The molecular weight excluding hydrogens is 236 g/mol. The van der Waals surface area contributed by atoms with Crippen LogP contribution in [0, 0.1) is 0 Å². The zero-order chi connectivity index (χ0) is 13.8. The molecule has 1 aliphatic heterocycles. The Morgan fingerprint density at radius 1 is 1.42 bits per heavy atom. The molecule has 3 unspecified atom stereocenters. The Balaban J connectivity index is 2.23. The summed E-state index contributed by atoms with van der Waals surface area (Å²) in [5.41, 5.74) is 7.49. The zero-order valence-electron chi connectivity index (χ0n) is 12.3. The highest BCUT2D eigenvalue weighted by atomic mass is 15.3. The van der Waals surface area contributed by atoms with Crippen LogP contribution in [0.3, 0.4) is 0 Å². The highest BCUT2D eigenvalue weighted by molar-refractivity contribution is 5.12. The molecule has 19 heavy (non-hydrogen) atoms. The number of aromatic nitrogens is 1. The first-order valence-corrected chi connectivity index (χ1v) is 7.24. The summed E-state index contributed by atoms with van der Waals surface area (Å²) < 4.78 is 0. The van der Waals surface area contributed by atoms with Crippen molar-refractivity contribution in [3.8, 4) is 0 Å². The van der Waals surface area contributed by atoms with E-state index < -0.39 is 0 Å². The van der Waals surface area contributed by atoms with Gasteiger partial charge in [-0.1, -0.05) is 13.0 Å². The maximum atomic E-state index is 6.38. The summed E-state index contributed by atoms with van der Waals surface area (Å²) in [6, 6.07) is 7.01. The maximum Gasteiger partial charge on any atom is 0.0676 e. The van der Waals surface area contributed by atoms with Gasteiger partial charge in [0, 0.05) is 37.9 Å². The van der Waals surface area contributed by atoms with Gasteiger partial charge in [0.25, 0.3) is 0 Å². The van der Waals surface area contributed by atoms with E-state index in [9.17, 15) is 0 Å². The number of nitrogens with zero attached hydrogens (tertiary/aromatic N) is 3. The highest BCUT2D eigenvalue weighted by Gasteiger charge is 2.32. The average molecular weight is 262 g/mol. The van der Waals surface area contributed by atoms with E-state index in [0.29, 0.717) is 6.04 Å². The predicted molar refractivity (Wildman–Crippen MR) is 78.9 cm³/mol. The molecule has 2 heterocycles. The molecule has 3 atom stereocenters. The number of hydrogen-bond acceptors (Lipinski definition) is 4. The van der Waals surface area contributed by atoms with E-state index in [-0.39, 0.29) is 12.1 Å². The van der Waals surface area contributed by atoms with E-state index in [1.54, 1.807) is 0 Å². The third-order valence-electron chi connectivity index (χ3n) is 4.11. The third-order valence-corrected chi connectivity index (χ3v) is 4.11. The number of piperazine rings is 1. The lowest BCUT2D eigenvalue weighted by Gasteiger charge is -2.44. The lowest BCUT2D eigenvalue weighted by Crippen LogP contribution is -2.55. The summed E-state index contributed by atoms with van der Waals surface area (Å²) in [6.07, 6.45) is 2.84. The molecule has 4 heteroatoms. The van der Waals surface area contributed by atoms with Crippen LogP contribution in [0.4, 0.5) is 0 Å². The standard InChI is InChI=1S/C15H26N4/c1-4-13(16)15(14-7-5-6-8-17-14)19-10-9-18(3)11-12(19)2/h5-8,12-13,15H,4,9-11,16H2,1-3H3. The van der Waals surface area contributed by atoms with Crippen molar-refractivity contribution in [2.75, 3.05) is 26.7 Å². The molecule has 2 N–H and O–H groups in total. The summed E-state index contributed by atoms with van der Waals surface area (Å²) in [4.78, 5) is 9.45. The number of nitrogens with two attached hydrogens (primary N) is 1. The van der Waals surface area contributed by atoms with Crippen molar-refractivity contribution in [3.63, 3.8) is 0 Å². The highest BCUT2D eigenvalue weighted by Crippen LogP contribution is 2.27. The largest absolute Gasteiger partial charge is 0.326 e. The Kier molecular flexibility index (Phi) is 4.91. The van der Waals surface area contributed by atoms with Gasteiger partial charge >= 0.3 is 0 Å². The van der Waals surface area contributed by atoms with Gasteiger partial charge in [-0.05, 0) is 32.5 Å². The molecule has 2 rings (SSSR count). The molecule has 1 fully saturated rings. The fraction of sp³-hybridized carbons (Fsp3) is 0.667. The van der Waals surface area contributed by atoms with Crippen LogP contribution < -0.4 is 5.73 Å². The Morgan fingerprint density at radius 2 is 2.21 bits per heavy atom. The van der Waals surface area contributed by atoms with Crippen LogP contribution in [-0.2, 0) is 0 Å². The summed E-state index contributed by atoms with van der Waals surface area (Å²) in [5, 5.41) is 0.